The third-order valence-corrected chi connectivity index (χ3v) is 7.07. The number of nitrogens with one attached hydrogen (secondary N) is 1. The van der Waals surface area contributed by atoms with Crippen LogP contribution in [0.5, 0.6) is 0 Å². The number of nitrogens with zero attached hydrogens (tertiary/aromatic N) is 3. The Morgan fingerprint density at radius 1 is 1.28 bits per heavy atom. The predicted octanol–water partition coefficient (Wildman–Crippen LogP) is 5.31. The van der Waals surface area contributed by atoms with E-state index < -0.39 is 0 Å². The highest BCUT2D eigenvalue weighted by Crippen LogP contribution is 2.40. The number of hydrogen-bond acceptors (Lipinski definition) is 5. The average Bonchev–Trinajstić information content (AvgIpc) is 3.22. The van der Waals surface area contributed by atoms with E-state index in [0.717, 1.165) is 47.1 Å². The molecule has 1 atom stereocenters. The zero-order valence-corrected chi connectivity index (χ0v) is 18.9. The number of thiophene rings is 1. The van der Waals surface area contributed by atoms with E-state index in [1.54, 1.807) is 11.3 Å². The predicted molar refractivity (Wildman–Crippen MR) is 120 cm³/mol. The lowest BCUT2D eigenvalue weighted by molar-refractivity contribution is -0.115. The van der Waals surface area contributed by atoms with E-state index in [9.17, 15) is 4.79 Å². The molecule has 2 heterocycles. The first-order chi connectivity index (χ1) is 13.9. The largest absolute Gasteiger partial charge is 0.325 e. The number of carbonyl (C=O) groups excluding carboxylic acids is 1. The molecule has 1 unspecified atom stereocenters. The number of anilines is 1. The van der Waals surface area contributed by atoms with Crippen LogP contribution in [0.25, 0.3) is 0 Å². The smallest absolute Gasteiger partial charge is 0.237 e. The summed E-state index contributed by atoms with van der Waals surface area (Å²) in [6.45, 7) is 8.08. The number of carbonyl (C=O) groups is 1. The van der Waals surface area contributed by atoms with Crippen LogP contribution in [0, 0.1) is 20.8 Å². The Labute approximate surface area is 179 Å². The van der Waals surface area contributed by atoms with Crippen LogP contribution >= 0.6 is 23.1 Å². The molecular weight excluding hydrogens is 400 g/mol. The SMILES string of the molecule is Cc1cc(C)c(NC(=O)C(C)Sc2nnc(Cc3cccs3)n2C2CC2)c(C)c1. The van der Waals surface area contributed by atoms with Gasteiger partial charge in [-0.15, -0.1) is 21.5 Å². The maximum atomic E-state index is 12.9. The highest BCUT2D eigenvalue weighted by atomic mass is 32.2. The number of benzene rings is 1. The van der Waals surface area contributed by atoms with Crippen molar-refractivity contribution in [1.29, 1.82) is 0 Å². The van der Waals surface area contributed by atoms with Gasteiger partial charge in [-0.1, -0.05) is 35.5 Å². The van der Waals surface area contributed by atoms with Crippen molar-refractivity contribution in [3.8, 4) is 0 Å². The molecule has 1 aliphatic carbocycles. The van der Waals surface area contributed by atoms with Crippen molar-refractivity contribution < 1.29 is 4.79 Å². The van der Waals surface area contributed by atoms with E-state index >= 15 is 0 Å². The fourth-order valence-corrected chi connectivity index (χ4v) is 5.23. The Morgan fingerprint density at radius 2 is 2.00 bits per heavy atom. The third-order valence-electron chi connectivity index (χ3n) is 5.14. The summed E-state index contributed by atoms with van der Waals surface area (Å²) in [6, 6.07) is 8.86. The van der Waals surface area contributed by atoms with Crippen molar-refractivity contribution in [2.45, 2.75) is 63.4 Å². The van der Waals surface area contributed by atoms with Gasteiger partial charge in [-0.2, -0.15) is 0 Å². The van der Waals surface area contributed by atoms with Gasteiger partial charge in [0.15, 0.2) is 5.16 Å². The summed E-state index contributed by atoms with van der Waals surface area (Å²) in [6.07, 6.45) is 3.11. The van der Waals surface area contributed by atoms with E-state index in [1.165, 1.54) is 22.2 Å². The van der Waals surface area contributed by atoms with Crippen molar-refractivity contribution in [3.63, 3.8) is 0 Å². The van der Waals surface area contributed by atoms with Crippen molar-refractivity contribution in [2.75, 3.05) is 5.32 Å². The molecule has 1 aromatic carbocycles. The molecule has 0 radical (unpaired) electrons. The van der Waals surface area contributed by atoms with Gasteiger partial charge in [0.25, 0.3) is 0 Å². The minimum atomic E-state index is -0.258. The Kier molecular flexibility index (Phi) is 5.79. The van der Waals surface area contributed by atoms with Gasteiger partial charge >= 0.3 is 0 Å². The van der Waals surface area contributed by atoms with Crippen LogP contribution in [-0.2, 0) is 11.2 Å². The average molecular weight is 427 g/mol. The van der Waals surface area contributed by atoms with Gasteiger partial charge < -0.3 is 9.88 Å². The summed E-state index contributed by atoms with van der Waals surface area (Å²) < 4.78 is 2.25. The Hall–Kier alpha value is -2.12. The second-order valence-electron chi connectivity index (χ2n) is 7.78. The summed E-state index contributed by atoms with van der Waals surface area (Å²) in [5, 5.41) is 14.7. The number of aryl methyl sites for hydroxylation is 3. The molecule has 1 amide bonds. The fraction of sp³-hybridized carbons (Fsp3) is 0.409. The Balaban J connectivity index is 1.49. The lowest BCUT2D eigenvalue weighted by Crippen LogP contribution is -2.24. The Morgan fingerprint density at radius 3 is 2.62 bits per heavy atom. The molecule has 0 saturated heterocycles. The first kappa shape index (κ1) is 20.2. The molecule has 152 valence electrons. The standard InChI is InChI=1S/C22H26N4OS2/c1-13-10-14(2)20(15(3)11-13)23-21(27)16(4)29-22-25-24-19(26(22)17-7-8-17)12-18-6-5-9-28-18/h5-6,9-11,16-17H,7-8,12H2,1-4H3,(H,23,27). The maximum Gasteiger partial charge on any atom is 0.237 e. The van der Waals surface area contributed by atoms with Crippen LogP contribution in [0.2, 0.25) is 0 Å². The molecule has 4 rings (SSSR count). The molecule has 0 bridgehead atoms. The Bertz CT molecular complexity index is 999. The van der Waals surface area contributed by atoms with Gasteiger partial charge in [-0.25, -0.2) is 0 Å². The second kappa shape index (κ2) is 8.32. The van der Waals surface area contributed by atoms with E-state index in [2.05, 4.69) is 56.7 Å². The summed E-state index contributed by atoms with van der Waals surface area (Å²) in [7, 11) is 0. The topological polar surface area (TPSA) is 59.8 Å². The first-order valence-electron chi connectivity index (χ1n) is 9.94. The molecular formula is C22H26N4OS2. The van der Waals surface area contributed by atoms with Crippen LogP contribution in [0.1, 0.15) is 53.2 Å². The molecule has 1 fully saturated rings. The molecule has 29 heavy (non-hydrogen) atoms. The van der Waals surface area contributed by atoms with Crippen LogP contribution < -0.4 is 5.32 Å². The lowest BCUT2D eigenvalue weighted by atomic mass is 10.1. The normalized spacial score (nSPS) is 14.8. The number of hydrogen-bond donors (Lipinski definition) is 1. The molecule has 5 nitrogen and oxygen atoms in total. The van der Waals surface area contributed by atoms with Crippen molar-refractivity contribution in [2.24, 2.45) is 0 Å². The molecule has 0 spiro atoms. The molecule has 3 aromatic rings. The molecule has 0 aliphatic heterocycles. The molecule has 7 heteroatoms. The van der Waals surface area contributed by atoms with E-state index in [1.807, 2.05) is 20.8 Å². The summed E-state index contributed by atoms with van der Waals surface area (Å²) in [4.78, 5) is 14.2. The van der Waals surface area contributed by atoms with Crippen molar-refractivity contribution in [1.82, 2.24) is 14.8 Å². The zero-order chi connectivity index (χ0) is 20.5. The number of amides is 1. The maximum absolute atomic E-state index is 12.9. The van der Waals surface area contributed by atoms with E-state index in [0.29, 0.717) is 6.04 Å². The highest BCUT2D eigenvalue weighted by molar-refractivity contribution is 8.00. The minimum absolute atomic E-state index is 0.00444. The molecule has 1 N–H and O–H groups in total. The van der Waals surface area contributed by atoms with Gasteiger partial charge in [0.05, 0.1) is 5.25 Å². The summed E-state index contributed by atoms with van der Waals surface area (Å²) >= 11 is 3.23. The van der Waals surface area contributed by atoms with E-state index in [-0.39, 0.29) is 11.2 Å². The number of aromatic nitrogens is 3. The first-order valence-corrected chi connectivity index (χ1v) is 11.7. The molecule has 1 saturated carbocycles. The van der Waals surface area contributed by atoms with Crippen LogP contribution in [0.3, 0.4) is 0 Å². The summed E-state index contributed by atoms with van der Waals surface area (Å²) in [5.41, 5.74) is 4.30. The zero-order valence-electron chi connectivity index (χ0n) is 17.2. The quantitative estimate of drug-likeness (QED) is 0.520. The lowest BCUT2D eigenvalue weighted by Gasteiger charge is -2.16. The van der Waals surface area contributed by atoms with Gasteiger partial charge in [0.1, 0.15) is 5.82 Å². The number of rotatable bonds is 7. The van der Waals surface area contributed by atoms with Crippen LogP contribution in [-0.4, -0.2) is 25.9 Å². The molecule has 2 aromatic heterocycles. The number of thioether (sulfide) groups is 1. The third kappa shape index (κ3) is 4.56. The van der Waals surface area contributed by atoms with Crippen LogP contribution in [0.15, 0.2) is 34.8 Å². The van der Waals surface area contributed by atoms with Gasteiger partial charge in [-0.05, 0) is 63.1 Å². The summed E-state index contributed by atoms with van der Waals surface area (Å²) in [5.74, 6) is 0.991. The van der Waals surface area contributed by atoms with Crippen LogP contribution in [0.4, 0.5) is 5.69 Å². The minimum Gasteiger partial charge on any atom is -0.325 e. The van der Waals surface area contributed by atoms with Gasteiger partial charge in [0.2, 0.25) is 5.91 Å². The van der Waals surface area contributed by atoms with Crippen molar-refractivity contribution >= 4 is 34.7 Å². The monoisotopic (exact) mass is 426 g/mol. The second-order valence-corrected chi connectivity index (χ2v) is 10.1. The fourth-order valence-electron chi connectivity index (χ4n) is 3.59. The van der Waals surface area contributed by atoms with Gasteiger partial charge in [0, 0.05) is 23.0 Å². The highest BCUT2D eigenvalue weighted by Gasteiger charge is 2.31. The van der Waals surface area contributed by atoms with E-state index in [4.69, 9.17) is 0 Å². The molecule has 1 aliphatic rings. The van der Waals surface area contributed by atoms with Crippen molar-refractivity contribution in [3.05, 3.63) is 57.0 Å². The van der Waals surface area contributed by atoms with Gasteiger partial charge in [-0.3, -0.25) is 4.79 Å².